The number of hydrogen-bond donors (Lipinski definition) is 0. The van der Waals surface area contributed by atoms with Gasteiger partial charge in [-0.1, -0.05) is 29.0 Å². The van der Waals surface area contributed by atoms with Crippen LogP contribution < -0.4 is 4.80 Å². The lowest BCUT2D eigenvalue weighted by Gasteiger charge is -1.94. The van der Waals surface area contributed by atoms with E-state index in [1.807, 2.05) is 43.7 Å². The quantitative estimate of drug-likeness (QED) is 0.552. The van der Waals surface area contributed by atoms with Crippen LogP contribution >= 0.6 is 22.9 Å². The van der Waals surface area contributed by atoms with Crippen LogP contribution in [0.1, 0.15) is 13.8 Å². The first-order valence-electron chi connectivity index (χ1n) is 4.88. The summed E-state index contributed by atoms with van der Waals surface area (Å²) in [6.45, 7) is 3.84. The molecular weight excluding hydrogens is 242 g/mol. The number of nitrogens with zero attached hydrogens (tertiary/aromatic N) is 3. The molecule has 0 unspecified atom stereocenters. The van der Waals surface area contributed by atoms with Crippen molar-refractivity contribution < 1.29 is 0 Å². The highest BCUT2D eigenvalue weighted by atomic mass is 35.5. The predicted octanol–water partition coefficient (Wildman–Crippen LogP) is 3.19. The van der Waals surface area contributed by atoms with Gasteiger partial charge in [-0.2, -0.15) is 5.10 Å². The summed E-state index contributed by atoms with van der Waals surface area (Å²) in [5.74, 6) is 0. The maximum atomic E-state index is 6.12. The lowest BCUT2D eigenvalue weighted by Crippen LogP contribution is -2.09. The maximum absolute atomic E-state index is 6.12. The van der Waals surface area contributed by atoms with E-state index in [9.17, 15) is 0 Å². The van der Waals surface area contributed by atoms with Gasteiger partial charge in [-0.3, -0.25) is 0 Å². The van der Waals surface area contributed by atoms with Gasteiger partial charge in [0.2, 0.25) is 4.80 Å². The van der Waals surface area contributed by atoms with Gasteiger partial charge in [-0.15, -0.1) is 5.10 Å². The Morgan fingerprint density at radius 2 is 2.12 bits per heavy atom. The Morgan fingerprint density at radius 3 is 2.75 bits per heavy atom. The van der Waals surface area contributed by atoms with Crippen LogP contribution in [-0.4, -0.2) is 10.3 Å². The molecule has 84 valence electrons. The lowest BCUT2D eigenvalue weighted by molar-refractivity contribution is 0.888. The summed E-state index contributed by atoms with van der Waals surface area (Å²) < 4.78 is 3.05. The molecular formula is C11H12ClN3S. The van der Waals surface area contributed by atoms with Gasteiger partial charge in [0, 0.05) is 12.8 Å². The highest BCUT2D eigenvalue weighted by Crippen LogP contribution is 2.25. The molecule has 16 heavy (non-hydrogen) atoms. The maximum Gasteiger partial charge on any atom is 0.211 e. The molecule has 1 heterocycles. The fourth-order valence-corrected chi connectivity index (χ4v) is 2.62. The molecule has 0 radical (unpaired) electrons. The van der Waals surface area contributed by atoms with E-state index in [-0.39, 0.29) is 0 Å². The predicted molar refractivity (Wildman–Crippen MR) is 70.2 cm³/mol. The van der Waals surface area contributed by atoms with Crippen LogP contribution in [0.4, 0.5) is 0 Å². The number of halogens is 1. The van der Waals surface area contributed by atoms with Crippen molar-refractivity contribution in [2.24, 2.45) is 17.3 Å². The molecule has 0 fully saturated rings. The fraction of sp³-hybridized carbons (Fsp3) is 0.273. The second-order valence-corrected chi connectivity index (χ2v) is 5.06. The summed E-state index contributed by atoms with van der Waals surface area (Å²) in [5.41, 5.74) is 2.02. The molecule has 0 aliphatic heterocycles. The van der Waals surface area contributed by atoms with Gasteiger partial charge in [0.05, 0.1) is 15.2 Å². The summed E-state index contributed by atoms with van der Waals surface area (Å²) in [6, 6.07) is 5.85. The lowest BCUT2D eigenvalue weighted by atomic mass is 10.3. The van der Waals surface area contributed by atoms with Crippen LogP contribution in [0.5, 0.6) is 0 Å². The monoisotopic (exact) mass is 253 g/mol. The Morgan fingerprint density at radius 1 is 1.38 bits per heavy atom. The first-order chi connectivity index (χ1) is 7.59. The molecule has 0 saturated heterocycles. The summed E-state index contributed by atoms with van der Waals surface area (Å²) >= 11 is 7.67. The average molecular weight is 254 g/mol. The third-order valence-corrected chi connectivity index (χ3v) is 3.72. The Kier molecular flexibility index (Phi) is 3.12. The van der Waals surface area contributed by atoms with Gasteiger partial charge >= 0.3 is 0 Å². The highest BCUT2D eigenvalue weighted by molar-refractivity contribution is 7.17. The molecule has 0 saturated carbocycles. The second kappa shape index (κ2) is 4.39. The zero-order chi connectivity index (χ0) is 11.7. The van der Waals surface area contributed by atoms with E-state index in [1.54, 1.807) is 11.3 Å². The molecule has 0 spiro atoms. The third kappa shape index (κ3) is 2.03. The van der Waals surface area contributed by atoms with Gasteiger partial charge in [-0.05, 0) is 26.0 Å². The van der Waals surface area contributed by atoms with Crippen LogP contribution in [0, 0.1) is 0 Å². The summed E-state index contributed by atoms with van der Waals surface area (Å²) in [7, 11) is 1.97. The molecule has 1 aromatic heterocycles. The number of aromatic nitrogens is 1. The van der Waals surface area contributed by atoms with Crippen molar-refractivity contribution in [2.75, 3.05) is 0 Å². The Balaban J connectivity index is 2.74. The van der Waals surface area contributed by atoms with Crippen molar-refractivity contribution in [2.45, 2.75) is 13.8 Å². The molecule has 2 rings (SSSR count). The third-order valence-electron chi connectivity index (χ3n) is 2.12. The standard InChI is InChI=1S/C11H12ClN3S/c1-7(2)13-14-11-15(3)9-6-4-5-8(12)10(9)16-11/h4-6H,1-3H3/b14-11-. The number of benzene rings is 1. The number of rotatable bonds is 1. The number of aryl methyl sites for hydroxylation is 1. The van der Waals surface area contributed by atoms with Gasteiger partial charge in [0.15, 0.2) is 0 Å². The van der Waals surface area contributed by atoms with Crippen LogP contribution in [0.3, 0.4) is 0 Å². The largest absolute Gasteiger partial charge is 0.318 e. The van der Waals surface area contributed by atoms with Crippen molar-refractivity contribution in [1.82, 2.24) is 4.57 Å². The number of thiazole rings is 1. The van der Waals surface area contributed by atoms with Gasteiger partial charge in [0.25, 0.3) is 0 Å². The Hall–Kier alpha value is -1.13. The van der Waals surface area contributed by atoms with E-state index in [1.165, 1.54) is 0 Å². The number of fused-ring (bicyclic) bond motifs is 1. The highest BCUT2D eigenvalue weighted by Gasteiger charge is 2.05. The fourth-order valence-electron chi connectivity index (χ4n) is 1.36. The first-order valence-corrected chi connectivity index (χ1v) is 6.08. The van der Waals surface area contributed by atoms with E-state index >= 15 is 0 Å². The topological polar surface area (TPSA) is 29.6 Å². The molecule has 0 amide bonds. The van der Waals surface area contributed by atoms with Crippen LogP contribution in [0.2, 0.25) is 5.02 Å². The summed E-state index contributed by atoms with van der Waals surface area (Å²) in [5, 5.41) is 9.02. The van der Waals surface area contributed by atoms with E-state index in [4.69, 9.17) is 11.6 Å². The van der Waals surface area contributed by atoms with Crippen molar-refractivity contribution in [3.8, 4) is 0 Å². The molecule has 0 N–H and O–H groups in total. The van der Waals surface area contributed by atoms with Crippen molar-refractivity contribution in [3.63, 3.8) is 0 Å². The van der Waals surface area contributed by atoms with Gasteiger partial charge in [-0.25, -0.2) is 0 Å². The zero-order valence-corrected chi connectivity index (χ0v) is 10.9. The van der Waals surface area contributed by atoms with E-state index in [0.29, 0.717) is 0 Å². The molecule has 0 bridgehead atoms. The van der Waals surface area contributed by atoms with Gasteiger partial charge < -0.3 is 4.57 Å². The summed E-state index contributed by atoms with van der Waals surface area (Å²) in [4.78, 5) is 0.851. The molecule has 0 aliphatic rings. The van der Waals surface area contributed by atoms with E-state index < -0.39 is 0 Å². The average Bonchev–Trinajstić information content (AvgIpc) is 2.55. The molecule has 0 aliphatic carbocycles. The zero-order valence-electron chi connectivity index (χ0n) is 9.36. The Labute approximate surface area is 103 Å². The van der Waals surface area contributed by atoms with Crippen molar-refractivity contribution in [3.05, 3.63) is 28.0 Å². The molecule has 3 nitrogen and oxygen atoms in total. The van der Waals surface area contributed by atoms with Crippen LogP contribution in [0.15, 0.2) is 28.4 Å². The van der Waals surface area contributed by atoms with Crippen LogP contribution in [-0.2, 0) is 7.05 Å². The van der Waals surface area contributed by atoms with Crippen LogP contribution in [0.25, 0.3) is 10.2 Å². The van der Waals surface area contributed by atoms with E-state index in [2.05, 4.69) is 10.2 Å². The minimum Gasteiger partial charge on any atom is -0.318 e. The molecule has 5 heteroatoms. The molecule has 2 aromatic rings. The molecule has 0 atom stereocenters. The summed E-state index contributed by atoms with van der Waals surface area (Å²) in [6.07, 6.45) is 0. The minimum atomic E-state index is 0.761. The normalized spacial score (nSPS) is 12.1. The van der Waals surface area contributed by atoms with E-state index in [0.717, 1.165) is 25.8 Å². The number of hydrogen-bond acceptors (Lipinski definition) is 3. The SMILES string of the molecule is CC(C)=N/N=c1\sc2c(Cl)cccc2n1C. The minimum absolute atomic E-state index is 0.761. The van der Waals surface area contributed by atoms with Crippen molar-refractivity contribution in [1.29, 1.82) is 0 Å². The van der Waals surface area contributed by atoms with Gasteiger partial charge in [0.1, 0.15) is 0 Å². The Bertz CT molecular complexity index is 618. The second-order valence-electron chi connectivity index (χ2n) is 3.68. The smallest absolute Gasteiger partial charge is 0.211 e. The first kappa shape index (κ1) is 11.4. The van der Waals surface area contributed by atoms with Crippen molar-refractivity contribution >= 4 is 38.9 Å². The molecule has 1 aromatic carbocycles.